The van der Waals surface area contributed by atoms with Crippen LogP contribution in [-0.4, -0.2) is 28.0 Å². The zero-order chi connectivity index (χ0) is 12.3. The standard InChI is InChI=1S/C11H8ClN3O2/c1-17-11(16)8-6-14-10(15-9(8)12)7-3-2-4-13-5-7/h2-6H,1H3. The van der Waals surface area contributed by atoms with E-state index in [1.165, 1.54) is 13.3 Å². The fraction of sp³-hybridized carbons (Fsp3) is 0.0909. The van der Waals surface area contributed by atoms with Gasteiger partial charge < -0.3 is 4.74 Å². The van der Waals surface area contributed by atoms with E-state index in [0.29, 0.717) is 5.82 Å². The molecule has 0 atom stereocenters. The summed E-state index contributed by atoms with van der Waals surface area (Å²) in [6.07, 6.45) is 4.60. The molecular weight excluding hydrogens is 242 g/mol. The van der Waals surface area contributed by atoms with Gasteiger partial charge in [-0.25, -0.2) is 14.8 Å². The molecule has 0 aromatic carbocycles. The van der Waals surface area contributed by atoms with Gasteiger partial charge in [0.05, 0.1) is 7.11 Å². The van der Waals surface area contributed by atoms with Crippen molar-refractivity contribution in [3.63, 3.8) is 0 Å². The number of esters is 1. The summed E-state index contributed by atoms with van der Waals surface area (Å²) in [6, 6.07) is 3.57. The van der Waals surface area contributed by atoms with Crippen molar-refractivity contribution >= 4 is 17.6 Å². The predicted octanol–water partition coefficient (Wildman–Crippen LogP) is 1.98. The zero-order valence-corrected chi connectivity index (χ0v) is 9.68. The molecule has 5 nitrogen and oxygen atoms in total. The summed E-state index contributed by atoms with van der Waals surface area (Å²) in [5.41, 5.74) is 0.868. The van der Waals surface area contributed by atoms with E-state index >= 15 is 0 Å². The van der Waals surface area contributed by atoms with Gasteiger partial charge in [-0.05, 0) is 12.1 Å². The first-order valence-corrected chi connectivity index (χ1v) is 5.11. The maximum atomic E-state index is 11.3. The van der Waals surface area contributed by atoms with Crippen molar-refractivity contribution < 1.29 is 9.53 Å². The van der Waals surface area contributed by atoms with E-state index < -0.39 is 5.97 Å². The molecule has 2 aromatic heterocycles. The normalized spacial score (nSPS) is 10.0. The van der Waals surface area contributed by atoms with E-state index in [1.54, 1.807) is 24.5 Å². The Kier molecular flexibility index (Phi) is 3.30. The molecule has 17 heavy (non-hydrogen) atoms. The third-order valence-corrected chi connectivity index (χ3v) is 2.36. The van der Waals surface area contributed by atoms with E-state index in [-0.39, 0.29) is 10.7 Å². The zero-order valence-electron chi connectivity index (χ0n) is 8.92. The smallest absolute Gasteiger partial charge is 0.342 e. The monoisotopic (exact) mass is 249 g/mol. The first-order valence-electron chi connectivity index (χ1n) is 4.73. The molecule has 0 aliphatic carbocycles. The Hall–Kier alpha value is -2.01. The highest BCUT2D eigenvalue weighted by Gasteiger charge is 2.14. The molecule has 0 saturated carbocycles. The molecule has 2 heterocycles. The molecule has 0 aliphatic heterocycles. The minimum Gasteiger partial charge on any atom is -0.465 e. The van der Waals surface area contributed by atoms with Crippen LogP contribution in [-0.2, 0) is 4.74 Å². The van der Waals surface area contributed by atoms with Crippen LogP contribution in [0.5, 0.6) is 0 Å². The molecule has 0 unspecified atom stereocenters. The van der Waals surface area contributed by atoms with E-state index in [4.69, 9.17) is 11.6 Å². The molecule has 0 aliphatic rings. The van der Waals surface area contributed by atoms with Crippen molar-refractivity contribution in [3.8, 4) is 11.4 Å². The number of nitrogens with zero attached hydrogens (tertiary/aromatic N) is 3. The summed E-state index contributed by atoms with van der Waals surface area (Å²) in [5.74, 6) is -0.150. The minimum absolute atomic E-state index is 0.0608. The molecule has 0 spiro atoms. The minimum atomic E-state index is -0.562. The fourth-order valence-corrected chi connectivity index (χ4v) is 1.45. The van der Waals surface area contributed by atoms with Crippen LogP contribution >= 0.6 is 11.6 Å². The van der Waals surface area contributed by atoms with Crippen LogP contribution in [0.2, 0.25) is 5.15 Å². The first kappa shape index (κ1) is 11.5. The van der Waals surface area contributed by atoms with Gasteiger partial charge in [0, 0.05) is 24.2 Å². The lowest BCUT2D eigenvalue weighted by Gasteiger charge is -2.03. The van der Waals surface area contributed by atoms with Gasteiger partial charge in [0.1, 0.15) is 10.7 Å². The number of hydrogen-bond donors (Lipinski definition) is 0. The number of methoxy groups -OCH3 is 1. The van der Waals surface area contributed by atoms with Gasteiger partial charge in [-0.3, -0.25) is 4.98 Å². The second-order valence-corrected chi connectivity index (χ2v) is 3.49. The van der Waals surface area contributed by atoms with Crippen molar-refractivity contribution in [2.24, 2.45) is 0 Å². The van der Waals surface area contributed by atoms with Crippen molar-refractivity contribution in [3.05, 3.63) is 41.4 Å². The average Bonchev–Trinajstić information content (AvgIpc) is 2.39. The Labute approximate surface area is 102 Å². The Morgan fingerprint density at radius 1 is 1.41 bits per heavy atom. The summed E-state index contributed by atoms with van der Waals surface area (Å²) in [6.45, 7) is 0. The van der Waals surface area contributed by atoms with Gasteiger partial charge in [0.25, 0.3) is 0 Å². The lowest BCUT2D eigenvalue weighted by Crippen LogP contribution is -2.05. The SMILES string of the molecule is COC(=O)c1cnc(-c2cccnc2)nc1Cl. The number of rotatable bonds is 2. The number of aromatic nitrogens is 3. The van der Waals surface area contributed by atoms with Gasteiger partial charge in [0.2, 0.25) is 0 Å². The Bertz CT molecular complexity index is 546. The van der Waals surface area contributed by atoms with E-state index in [9.17, 15) is 4.79 Å². The summed E-state index contributed by atoms with van der Waals surface area (Å²) in [7, 11) is 1.27. The van der Waals surface area contributed by atoms with Gasteiger partial charge in [0.15, 0.2) is 5.82 Å². The van der Waals surface area contributed by atoms with Crippen LogP contribution in [0.15, 0.2) is 30.7 Å². The quantitative estimate of drug-likeness (QED) is 0.601. The molecule has 0 N–H and O–H groups in total. The molecule has 2 aromatic rings. The molecule has 0 radical (unpaired) electrons. The summed E-state index contributed by atoms with van der Waals surface area (Å²) in [5, 5.41) is 0.0608. The number of carbonyl (C=O) groups is 1. The highest BCUT2D eigenvalue weighted by atomic mass is 35.5. The Morgan fingerprint density at radius 2 is 2.24 bits per heavy atom. The number of carbonyl (C=O) groups excluding carboxylic acids is 1. The average molecular weight is 250 g/mol. The van der Waals surface area contributed by atoms with Crippen molar-refractivity contribution in [2.45, 2.75) is 0 Å². The van der Waals surface area contributed by atoms with E-state index in [2.05, 4.69) is 19.7 Å². The van der Waals surface area contributed by atoms with Crippen molar-refractivity contribution in [1.82, 2.24) is 15.0 Å². The maximum absolute atomic E-state index is 11.3. The number of ether oxygens (including phenoxy) is 1. The molecule has 0 fully saturated rings. The topological polar surface area (TPSA) is 65.0 Å². The second kappa shape index (κ2) is 4.88. The lowest BCUT2D eigenvalue weighted by atomic mass is 10.2. The number of hydrogen-bond acceptors (Lipinski definition) is 5. The van der Waals surface area contributed by atoms with Crippen molar-refractivity contribution in [2.75, 3.05) is 7.11 Å². The van der Waals surface area contributed by atoms with Gasteiger partial charge in [-0.2, -0.15) is 0 Å². The second-order valence-electron chi connectivity index (χ2n) is 3.13. The number of halogens is 1. The third kappa shape index (κ3) is 2.39. The van der Waals surface area contributed by atoms with Crippen LogP contribution in [0.25, 0.3) is 11.4 Å². The largest absolute Gasteiger partial charge is 0.465 e. The van der Waals surface area contributed by atoms with Gasteiger partial charge in [-0.1, -0.05) is 11.6 Å². The fourth-order valence-electron chi connectivity index (χ4n) is 1.24. The Balaban J connectivity index is 2.41. The summed E-state index contributed by atoms with van der Waals surface area (Å²) in [4.78, 5) is 23.3. The van der Waals surface area contributed by atoms with Crippen LogP contribution in [0.4, 0.5) is 0 Å². The van der Waals surface area contributed by atoms with Gasteiger partial charge >= 0.3 is 5.97 Å². The summed E-state index contributed by atoms with van der Waals surface area (Å²) < 4.78 is 4.55. The maximum Gasteiger partial charge on any atom is 0.342 e. The molecule has 6 heteroatoms. The Morgan fingerprint density at radius 3 is 2.82 bits per heavy atom. The molecule has 0 saturated heterocycles. The van der Waals surface area contributed by atoms with E-state index in [0.717, 1.165) is 5.56 Å². The molecule has 2 rings (SSSR count). The highest BCUT2D eigenvalue weighted by Crippen LogP contribution is 2.18. The summed E-state index contributed by atoms with van der Waals surface area (Å²) >= 11 is 5.88. The number of pyridine rings is 1. The molecule has 86 valence electrons. The molecule has 0 bridgehead atoms. The first-order chi connectivity index (χ1) is 8.22. The van der Waals surface area contributed by atoms with Crippen LogP contribution in [0.3, 0.4) is 0 Å². The highest BCUT2D eigenvalue weighted by molar-refractivity contribution is 6.32. The van der Waals surface area contributed by atoms with Gasteiger partial charge in [-0.15, -0.1) is 0 Å². The van der Waals surface area contributed by atoms with Crippen LogP contribution in [0.1, 0.15) is 10.4 Å². The van der Waals surface area contributed by atoms with Crippen LogP contribution in [0, 0.1) is 0 Å². The van der Waals surface area contributed by atoms with E-state index in [1.807, 2.05) is 0 Å². The van der Waals surface area contributed by atoms with Crippen LogP contribution < -0.4 is 0 Å². The lowest BCUT2D eigenvalue weighted by molar-refractivity contribution is 0.0600. The predicted molar refractivity (Wildman–Crippen MR) is 61.6 cm³/mol. The molecule has 0 amide bonds. The van der Waals surface area contributed by atoms with Crippen molar-refractivity contribution in [1.29, 1.82) is 0 Å². The third-order valence-electron chi connectivity index (χ3n) is 2.07. The molecular formula is C11H8ClN3O2.